The molecule has 0 saturated heterocycles. The van der Waals surface area contributed by atoms with E-state index in [2.05, 4.69) is 10.6 Å². The van der Waals surface area contributed by atoms with Gasteiger partial charge in [0, 0.05) is 30.4 Å². The van der Waals surface area contributed by atoms with Gasteiger partial charge in [0.05, 0.1) is 6.26 Å². The van der Waals surface area contributed by atoms with Crippen LogP contribution in [0.15, 0.2) is 53.1 Å². The molecule has 0 spiro atoms. The molecule has 2 N–H and O–H groups in total. The Morgan fingerprint density at radius 1 is 0.944 bits per heavy atom. The van der Waals surface area contributed by atoms with E-state index >= 15 is 0 Å². The average molecular weight is 493 g/mol. The first kappa shape index (κ1) is 25.9. The normalized spacial score (nSPS) is 21.5. The van der Waals surface area contributed by atoms with Crippen LogP contribution in [0.1, 0.15) is 85.1 Å². The van der Waals surface area contributed by atoms with Crippen molar-refractivity contribution in [2.45, 2.75) is 70.3 Å². The molecule has 2 amide bonds. The minimum absolute atomic E-state index is 0.0416. The largest absolute Gasteiger partial charge is 0.459 e. The van der Waals surface area contributed by atoms with Gasteiger partial charge in [-0.15, -0.1) is 0 Å². The molecule has 1 aromatic heterocycles. The van der Waals surface area contributed by atoms with Crippen LogP contribution in [0.2, 0.25) is 0 Å². The zero-order valence-electron chi connectivity index (χ0n) is 20.7. The quantitative estimate of drug-likeness (QED) is 0.369. The van der Waals surface area contributed by atoms with Gasteiger partial charge in [-0.2, -0.15) is 0 Å². The highest BCUT2D eigenvalue weighted by atomic mass is 16.3. The maximum absolute atomic E-state index is 13.0. The zero-order valence-corrected chi connectivity index (χ0v) is 20.7. The average Bonchev–Trinajstić information content (AvgIpc) is 3.58. The molecule has 0 aliphatic heterocycles. The topological polar surface area (TPSA) is 105 Å². The van der Waals surface area contributed by atoms with Gasteiger partial charge in [-0.25, -0.2) is 0 Å². The first-order valence-electron chi connectivity index (χ1n) is 13.3. The molecule has 7 heteroatoms. The van der Waals surface area contributed by atoms with Crippen LogP contribution in [-0.4, -0.2) is 36.0 Å². The Kier molecular flexibility index (Phi) is 9.09. The van der Waals surface area contributed by atoms with Crippen LogP contribution >= 0.6 is 0 Å². The van der Waals surface area contributed by atoms with Gasteiger partial charge >= 0.3 is 0 Å². The molecule has 4 rings (SSSR count). The van der Waals surface area contributed by atoms with Crippen molar-refractivity contribution in [3.8, 4) is 0 Å². The van der Waals surface area contributed by atoms with Crippen LogP contribution in [-0.2, 0) is 9.59 Å². The summed E-state index contributed by atoms with van der Waals surface area (Å²) >= 11 is 0. The Bertz CT molecular complexity index is 1030. The van der Waals surface area contributed by atoms with Crippen LogP contribution in [0.25, 0.3) is 0 Å². The fourth-order valence-corrected chi connectivity index (χ4v) is 5.59. The van der Waals surface area contributed by atoms with Crippen molar-refractivity contribution in [3.05, 3.63) is 60.1 Å². The van der Waals surface area contributed by atoms with Gasteiger partial charge < -0.3 is 15.1 Å². The lowest BCUT2D eigenvalue weighted by Crippen LogP contribution is -2.48. The van der Waals surface area contributed by atoms with Crippen molar-refractivity contribution in [2.75, 3.05) is 6.54 Å². The van der Waals surface area contributed by atoms with E-state index in [1.807, 2.05) is 18.2 Å². The molecule has 36 heavy (non-hydrogen) atoms. The molecule has 2 aromatic rings. The summed E-state index contributed by atoms with van der Waals surface area (Å²) in [6, 6.07) is 11.7. The van der Waals surface area contributed by atoms with Crippen LogP contribution < -0.4 is 10.6 Å². The number of amides is 2. The van der Waals surface area contributed by atoms with Crippen LogP contribution in [0.5, 0.6) is 0 Å². The number of rotatable bonds is 10. The van der Waals surface area contributed by atoms with E-state index in [0.717, 1.165) is 38.5 Å². The molecule has 2 aliphatic carbocycles. The molecule has 7 nitrogen and oxygen atoms in total. The highest BCUT2D eigenvalue weighted by molar-refractivity contribution is 6.00. The van der Waals surface area contributed by atoms with E-state index in [4.69, 9.17) is 4.42 Å². The lowest BCUT2D eigenvalue weighted by Gasteiger charge is -2.22. The Morgan fingerprint density at radius 2 is 1.72 bits per heavy atom. The number of hydrogen-bond acceptors (Lipinski definition) is 5. The van der Waals surface area contributed by atoms with E-state index in [-0.39, 0.29) is 41.5 Å². The predicted molar refractivity (Wildman–Crippen MR) is 135 cm³/mol. The molecule has 1 aromatic carbocycles. The summed E-state index contributed by atoms with van der Waals surface area (Å²) in [7, 11) is 0. The second-order valence-electron chi connectivity index (χ2n) is 10.2. The number of ketones is 2. The van der Waals surface area contributed by atoms with Crippen molar-refractivity contribution in [1.82, 2.24) is 10.6 Å². The smallest absolute Gasteiger partial charge is 0.287 e. The zero-order chi connectivity index (χ0) is 25.3. The van der Waals surface area contributed by atoms with Crippen molar-refractivity contribution in [1.29, 1.82) is 0 Å². The minimum atomic E-state index is -0.636. The first-order chi connectivity index (χ1) is 17.5. The summed E-state index contributed by atoms with van der Waals surface area (Å²) < 4.78 is 5.18. The predicted octanol–water partition coefficient (Wildman–Crippen LogP) is 4.72. The second kappa shape index (κ2) is 12.7. The summed E-state index contributed by atoms with van der Waals surface area (Å²) in [6.45, 7) is 0.365. The van der Waals surface area contributed by atoms with Gasteiger partial charge in [0.25, 0.3) is 5.91 Å². The van der Waals surface area contributed by atoms with E-state index in [9.17, 15) is 19.2 Å². The van der Waals surface area contributed by atoms with Crippen molar-refractivity contribution >= 4 is 23.4 Å². The number of Topliss-reactive ketones (excluding diaryl/α,β-unsaturated/α-hetero) is 2. The molecule has 0 bridgehead atoms. The fraction of sp³-hybridized carbons (Fsp3) is 0.517. The Morgan fingerprint density at radius 3 is 2.44 bits per heavy atom. The molecule has 2 aliphatic rings. The first-order valence-corrected chi connectivity index (χ1v) is 13.3. The fourth-order valence-electron chi connectivity index (χ4n) is 5.59. The summed E-state index contributed by atoms with van der Waals surface area (Å²) in [5, 5.41) is 5.79. The van der Waals surface area contributed by atoms with Crippen LogP contribution in [0.3, 0.4) is 0 Å². The van der Waals surface area contributed by atoms with E-state index in [1.54, 1.807) is 24.3 Å². The van der Waals surface area contributed by atoms with Crippen LogP contribution in [0, 0.1) is 17.8 Å². The Balaban J connectivity index is 1.29. The molecule has 1 heterocycles. The van der Waals surface area contributed by atoms with E-state index in [0.29, 0.717) is 37.3 Å². The number of furan rings is 1. The SMILES string of the molecule is O=C(NC(CC1CCCC1)C(=O)NCCC1CCCC(C(=O)c2ccccc2)CC1=O)c1ccco1. The van der Waals surface area contributed by atoms with E-state index < -0.39 is 11.9 Å². The van der Waals surface area contributed by atoms with Gasteiger partial charge in [0.2, 0.25) is 5.91 Å². The van der Waals surface area contributed by atoms with Gasteiger partial charge in [-0.1, -0.05) is 62.4 Å². The van der Waals surface area contributed by atoms with E-state index in [1.165, 1.54) is 6.26 Å². The lowest BCUT2D eigenvalue weighted by molar-refractivity contribution is -0.125. The molecule has 2 fully saturated rings. The van der Waals surface area contributed by atoms with Crippen molar-refractivity contribution < 1.29 is 23.6 Å². The van der Waals surface area contributed by atoms with Gasteiger partial charge in [-0.3, -0.25) is 19.2 Å². The molecule has 192 valence electrons. The molecular weight excluding hydrogens is 456 g/mol. The second-order valence-corrected chi connectivity index (χ2v) is 10.2. The number of carbonyl (C=O) groups excluding carboxylic acids is 4. The summed E-state index contributed by atoms with van der Waals surface area (Å²) in [6.07, 6.45) is 9.54. The summed E-state index contributed by atoms with van der Waals surface area (Å²) in [5.41, 5.74) is 0.658. The third kappa shape index (κ3) is 6.93. The molecule has 2 saturated carbocycles. The van der Waals surface area contributed by atoms with Crippen molar-refractivity contribution in [2.24, 2.45) is 17.8 Å². The number of hydrogen-bond donors (Lipinski definition) is 2. The lowest BCUT2D eigenvalue weighted by atomic mass is 9.89. The monoisotopic (exact) mass is 492 g/mol. The number of nitrogens with one attached hydrogen (secondary N) is 2. The van der Waals surface area contributed by atoms with Gasteiger partial charge in [0.1, 0.15) is 11.8 Å². The summed E-state index contributed by atoms with van der Waals surface area (Å²) in [5.74, 6) is -0.309. The molecule has 3 atom stereocenters. The highest BCUT2D eigenvalue weighted by Crippen LogP contribution is 2.30. The van der Waals surface area contributed by atoms with Crippen molar-refractivity contribution in [3.63, 3.8) is 0 Å². The standard InChI is InChI=1S/C29H36N2O5/c32-25-19-23(27(33)22-10-2-1-3-11-22)13-6-12-21(25)15-16-30-28(34)24(18-20-8-4-5-9-20)31-29(35)26-14-7-17-36-26/h1-3,7,10-11,14,17,20-21,23-24H,4-6,8-9,12-13,15-16,18-19H2,(H,30,34)(H,31,35). The molecule has 3 unspecified atom stereocenters. The Hall–Kier alpha value is -3.22. The van der Waals surface area contributed by atoms with Gasteiger partial charge in [0.15, 0.2) is 11.5 Å². The van der Waals surface area contributed by atoms with Crippen LogP contribution in [0.4, 0.5) is 0 Å². The molecule has 0 radical (unpaired) electrons. The third-order valence-corrected chi connectivity index (χ3v) is 7.64. The third-order valence-electron chi connectivity index (χ3n) is 7.64. The van der Waals surface area contributed by atoms with Gasteiger partial charge in [-0.05, 0) is 43.7 Å². The number of benzene rings is 1. The molecular formula is C29H36N2O5. The minimum Gasteiger partial charge on any atom is -0.459 e. The highest BCUT2D eigenvalue weighted by Gasteiger charge is 2.31. The summed E-state index contributed by atoms with van der Waals surface area (Å²) in [4.78, 5) is 51.4. The Labute approximate surface area is 212 Å². The maximum atomic E-state index is 13.0. The maximum Gasteiger partial charge on any atom is 0.287 e. The number of carbonyl (C=O) groups is 4.